The van der Waals surface area contributed by atoms with Crippen LogP contribution in [0.15, 0.2) is 60.7 Å². The van der Waals surface area contributed by atoms with Crippen molar-refractivity contribution < 1.29 is 4.79 Å². The number of carbonyl (C=O) groups is 1. The van der Waals surface area contributed by atoms with E-state index in [0.29, 0.717) is 10.6 Å². The van der Waals surface area contributed by atoms with Gasteiger partial charge in [0.15, 0.2) is 0 Å². The second kappa shape index (κ2) is 5.48. The summed E-state index contributed by atoms with van der Waals surface area (Å²) in [5.74, 6) is -0.0970. The molecular weight excluding hydrogens is 344 g/mol. The SMILES string of the molecule is Cn1c2ccccc2c2cc(/C=C3/C(=O)Nc4ccc(Cl)cc43)ccc21. The minimum Gasteiger partial charge on any atom is -0.344 e. The Morgan fingerprint density at radius 3 is 2.65 bits per heavy atom. The van der Waals surface area contributed by atoms with E-state index in [-0.39, 0.29) is 5.91 Å². The van der Waals surface area contributed by atoms with Crippen molar-refractivity contribution in [3.63, 3.8) is 0 Å². The zero-order chi connectivity index (χ0) is 17.8. The third-order valence-electron chi connectivity index (χ3n) is 5.01. The van der Waals surface area contributed by atoms with E-state index in [1.807, 2.05) is 30.3 Å². The first-order chi connectivity index (χ1) is 12.6. The van der Waals surface area contributed by atoms with E-state index < -0.39 is 0 Å². The number of nitrogens with one attached hydrogen (secondary N) is 1. The van der Waals surface area contributed by atoms with Crippen LogP contribution in [0.3, 0.4) is 0 Å². The molecule has 1 aromatic heterocycles. The lowest BCUT2D eigenvalue weighted by Gasteiger charge is -2.01. The number of hydrogen-bond acceptors (Lipinski definition) is 1. The predicted molar refractivity (Wildman–Crippen MR) is 108 cm³/mol. The molecule has 26 heavy (non-hydrogen) atoms. The van der Waals surface area contributed by atoms with E-state index in [4.69, 9.17) is 11.6 Å². The maximum absolute atomic E-state index is 12.4. The largest absolute Gasteiger partial charge is 0.344 e. The van der Waals surface area contributed by atoms with Crippen molar-refractivity contribution in [2.75, 3.05) is 5.32 Å². The fourth-order valence-electron chi connectivity index (χ4n) is 3.75. The van der Waals surface area contributed by atoms with Crippen LogP contribution >= 0.6 is 11.6 Å². The Morgan fingerprint density at radius 1 is 0.962 bits per heavy atom. The molecule has 1 N–H and O–H groups in total. The fraction of sp³-hybridized carbons (Fsp3) is 0.0455. The molecule has 3 nitrogen and oxygen atoms in total. The van der Waals surface area contributed by atoms with Crippen LogP contribution in [0.4, 0.5) is 5.69 Å². The van der Waals surface area contributed by atoms with Gasteiger partial charge in [0.25, 0.3) is 5.91 Å². The molecule has 2 heterocycles. The van der Waals surface area contributed by atoms with Gasteiger partial charge in [-0.05, 0) is 48.0 Å². The number of aromatic nitrogens is 1. The van der Waals surface area contributed by atoms with Gasteiger partial charge in [-0.1, -0.05) is 35.9 Å². The van der Waals surface area contributed by atoms with Crippen molar-refractivity contribution in [2.45, 2.75) is 0 Å². The van der Waals surface area contributed by atoms with Crippen LogP contribution in [0.5, 0.6) is 0 Å². The summed E-state index contributed by atoms with van der Waals surface area (Å²) in [7, 11) is 2.07. The molecule has 1 aliphatic heterocycles. The number of benzene rings is 3. The Bertz CT molecular complexity index is 1250. The van der Waals surface area contributed by atoms with Gasteiger partial charge in [0.2, 0.25) is 0 Å². The van der Waals surface area contributed by atoms with E-state index in [1.54, 1.807) is 6.07 Å². The lowest BCUT2D eigenvalue weighted by atomic mass is 10.0. The average Bonchev–Trinajstić information content (AvgIpc) is 3.11. The smallest absolute Gasteiger partial charge is 0.256 e. The van der Waals surface area contributed by atoms with Crippen LogP contribution in [0, 0.1) is 0 Å². The Hall–Kier alpha value is -3.04. The standard InChI is InChI=1S/C22H15ClN2O/c1-25-20-5-3-2-4-15(20)17-10-13(6-9-21(17)25)11-18-16-12-14(23)7-8-19(16)24-22(18)26/h2-12H,1H3,(H,24,26)/b18-11+. The molecule has 0 saturated carbocycles. The van der Waals surface area contributed by atoms with Gasteiger partial charge in [-0.15, -0.1) is 0 Å². The molecule has 4 aromatic rings. The summed E-state index contributed by atoms with van der Waals surface area (Å²) >= 11 is 6.12. The number of nitrogens with zero attached hydrogens (tertiary/aromatic N) is 1. The molecule has 126 valence electrons. The Kier molecular flexibility index (Phi) is 3.21. The van der Waals surface area contributed by atoms with Gasteiger partial charge in [0.05, 0.1) is 0 Å². The molecule has 0 bridgehead atoms. The van der Waals surface area contributed by atoms with E-state index in [0.717, 1.165) is 16.8 Å². The van der Waals surface area contributed by atoms with Gasteiger partial charge in [-0.2, -0.15) is 0 Å². The maximum Gasteiger partial charge on any atom is 0.256 e. The summed E-state index contributed by atoms with van der Waals surface area (Å²) in [6.07, 6.45) is 1.93. The first-order valence-electron chi connectivity index (χ1n) is 8.42. The normalized spacial score (nSPS) is 15.0. The molecule has 4 heteroatoms. The molecule has 5 rings (SSSR count). The van der Waals surface area contributed by atoms with Gasteiger partial charge < -0.3 is 9.88 Å². The first-order valence-corrected chi connectivity index (χ1v) is 8.80. The third-order valence-corrected chi connectivity index (χ3v) is 5.25. The summed E-state index contributed by atoms with van der Waals surface area (Å²) in [5, 5.41) is 5.91. The Balaban J connectivity index is 1.71. The van der Waals surface area contributed by atoms with Gasteiger partial charge in [-0.3, -0.25) is 4.79 Å². The maximum atomic E-state index is 12.4. The molecule has 0 unspecified atom stereocenters. The van der Waals surface area contributed by atoms with Crippen molar-refractivity contribution in [1.29, 1.82) is 0 Å². The van der Waals surface area contributed by atoms with Crippen molar-refractivity contribution in [1.82, 2.24) is 4.57 Å². The van der Waals surface area contributed by atoms with Crippen molar-refractivity contribution in [3.8, 4) is 0 Å². The van der Waals surface area contributed by atoms with Gasteiger partial charge in [0, 0.05) is 50.7 Å². The summed E-state index contributed by atoms with van der Waals surface area (Å²) < 4.78 is 2.19. The molecule has 1 aliphatic rings. The zero-order valence-electron chi connectivity index (χ0n) is 14.1. The van der Waals surface area contributed by atoms with Crippen LogP contribution in [-0.4, -0.2) is 10.5 Å². The van der Waals surface area contributed by atoms with Crippen molar-refractivity contribution in [2.24, 2.45) is 7.05 Å². The highest BCUT2D eigenvalue weighted by Crippen LogP contribution is 2.36. The van der Waals surface area contributed by atoms with Gasteiger partial charge in [-0.25, -0.2) is 0 Å². The molecule has 0 radical (unpaired) electrons. The monoisotopic (exact) mass is 358 g/mol. The van der Waals surface area contributed by atoms with Crippen LogP contribution in [0.2, 0.25) is 5.02 Å². The number of halogens is 1. The third kappa shape index (κ3) is 2.18. The lowest BCUT2D eigenvalue weighted by Crippen LogP contribution is -2.03. The molecule has 0 spiro atoms. The number of hydrogen-bond donors (Lipinski definition) is 1. The highest BCUT2D eigenvalue weighted by molar-refractivity contribution is 6.36. The predicted octanol–water partition coefficient (Wildman–Crippen LogP) is 5.48. The molecule has 0 saturated heterocycles. The quantitative estimate of drug-likeness (QED) is 0.449. The van der Waals surface area contributed by atoms with Crippen molar-refractivity contribution >= 4 is 56.7 Å². The Morgan fingerprint density at radius 2 is 1.77 bits per heavy atom. The minimum atomic E-state index is -0.0970. The van der Waals surface area contributed by atoms with Crippen molar-refractivity contribution in [3.05, 3.63) is 76.8 Å². The molecule has 3 aromatic carbocycles. The molecule has 1 amide bonds. The average molecular weight is 359 g/mol. The van der Waals surface area contributed by atoms with Gasteiger partial charge in [0.1, 0.15) is 0 Å². The fourth-order valence-corrected chi connectivity index (χ4v) is 3.92. The zero-order valence-corrected chi connectivity index (χ0v) is 14.8. The van der Waals surface area contributed by atoms with E-state index in [2.05, 4.69) is 47.3 Å². The number of rotatable bonds is 1. The molecule has 0 fully saturated rings. The summed E-state index contributed by atoms with van der Waals surface area (Å²) in [5.41, 5.74) is 5.65. The molecule has 0 atom stereocenters. The summed E-state index contributed by atoms with van der Waals surface area (Å²) in [6, 6.07) is 20.1. The lowest BCUT2D eigenvalue weighted by molar-refractivity contribution is -0.110. The number of amides is 1. The number of aryl methyl sites for hydroxylation is 1. The van der Waals surface area contributed by atoms with Crippen LogP contribution in [-0.2, 0) is 11.8 Å². The van der Waals surface area contributed by atoms with Crippen LogP contribution in [0.1, 0.15) is 11.1 Å². The number of para-hydroxylation sites is 1. The topological polar surface area (TPSA) is 34.0 Å². The highest BCUT2D eigenvalue weighted by atomic mass is 35.5. The Labute approximate surface area is 155 Å². The number of carbonyl (C=O) groups excluding carboxylic acids is 1. The van der Waals surface area contributed by atoms with E-state index in [1.165, 1.54) is 21.8 Å². The summed E-state index contributed by atoms with van der Waals surface area (Å²) in [4.78, 5) is 12.4. The highest BCUT2D eigenvalue weighted by Gasteiger charge is 2.24. The number of fused-ring (bicyclic) bond motifs is 4. The first kappa shape index (κ1) is 15.2. The van der Waals surface area contributed by atoms with Crippen LogP contribution < -0.4 is 5.32 Å². The van der Waals surface area contributed by atoms with E-state index in [9.17, 15) is 4.79 Å². The second-order valence-corrected chi connectivity index (χ2v) is 6.99. The van der Waals surface area contributed by atoms with E-state index >= 15 is 0 Å². The molecule has 0 aliphatic carbocycles. The molecular formula is C22H15ClN2O. The summed E-state index contributed by atoms with van der Waals surface area (Å²) in [6.45, 7) is 0. The minimum absolute atomic E-state index is 0.0970. The van der Waals surface area contributed by atoms with Gasteiger partial charge >= 0.3 is 0 Å². The number of anilines is 1. The second-order valence-electron chi connectivity index (χ2n) is 6.55. The van der Waals surface area contributed by atoms with Crippen LogP contribution in [0.25, 0.3) is 33.5 Å².